The Hall–Kier alpha value is -3.08. The maximum atomic E-state index is 12.3. The first kappa shape index (κ1) is 12.9. The Labute approximate surface area is 121 Å². The topological polar surface area (TPSA) is 94.0 Å². The Morgan fingerprint density at radius 3 is 2.76 bits per heavy atom. The summed E-state index contributed by atoms with van der Waals surface area (Å²) in [4.78, 5) is 16.4. The Morgan fingerprint density at radius 1 is 1.10 bits per heavy atom. The van der Waals surface area contributed by atoms with Gasteiger partial charge < -0.3 is 16.8 Å². The van der Waals surface area contributed by atoms with Crippen LogP contribution in [0.15, 0.2) is 54.9 Å². The molecule has 1 heterocycles. The van der Waals surface area contributed by atoms with Gasteiger partial charge in [0.1, 0.15) is 0 Å². The lowest BCUT2D eigenvalue weighted by molar-refractivity contribution is 0.102. The largest absolute Gasteiger partial charge is 0.399 e. The number of fused-ring (bicyclic) bond motifs is 1. The summed E-state index contributed by atoms with van der Waals surface area (Å²) in [5.74, 6) is -0.267. The van der Waals surface area contributed by atoms with Crippen LogP contribution in [0.3, 0.4) is 0 Å². The zero-order chi connectivity index (χ0) is 14.8. The molecule has 0 saturated carbocycles. The predicted molar refractivity (Wildman–Crippen MR) is 85.0 cm³/mol. The number of nitrogen functional groups attached to an aromatic ring is 2. The fourth-order valence-corrected chi connectivity index (χ4v) is 2.21. The number of amides is 1. The highest BCUT2D eigenvalue weighted by molar-refractivity contribution is 6.11. The molecule has 0 spiro atoms. The third-order valence-electron chi connectivity index (χ3n) is 3.25. The zero-order valence-electron chi connectivity index (χ0n) is 11.2. The molecular weight excluding hydrogens is 264 g/mol. The second-order valence-corrected chi connectivity index (χ2v) is 4.70. The molecule has 0 saturated heterocycles. The van der Waals surface area contributed by atoms with Gasteiger partial charge in [-0.25, -0.2) is 0 Å². The van der Waals surface area contributed by atoms with Crippen molar-refractivity contribution in [2.45, 2.75) is 0 Å². The van der Waals surface area contributed by atoms with Crippen molar-refractivity contribution in [2.24, 2.45) is 0 Å². The van der Waals surface area contributed by atoms with Gasteiger partial charge in [-0.2, -0.15) is 0 Å². The van der Waals surface area contributed by atoms with Crippen LogP contribution in [0.25, 0.3) is 10.8 Å². The molecule has 0 fully saturated rings. The number of hydrogen-bond donors (Lipinski definition) is 3. The van der Waals surface area contributed by atoms with Gasteiger partial charge >= 0.3 is 0 Å². The number of carbonyl (C=O) groups is 1. The molecule has 1 aromatic heterocycles. The summed E-state index contributed by atoms with van der Waals surface area (Å²) in [6.07, 6.45) is 3.44. The first-order valence-electron chi connectivity index (χ1n) is 6.44. The minimum Gasteiger partial charge on any atom is -0.399 e. The summed E-state index contributed by atoms with van der Waals surface area (Å²) >= 11 is 0. The molecule has 21 heavy (non-hydrogen) atoms. The summed E-state index contributed by atoms with van der Waals surface area (Å²) in [6, 6.07) is 12.3. The average molecular weight is 278 g/mol. The quantitative estimate of drug-likeness (QED) is 0.628. The predicted octanol–water partition coefficient (Wildman–Crippen LogP) is 2.65. The Kier molecular flexibility index (Phi) is 3.16. The number of nitrogens with two attached hydrogens (primary N) is 2. The van der Waals surface area contributed by atoms with Gasteiger partial charge in [-0.3, -0.25) is 9.78 Å². The fraction of sp³-hybridized carbons (Fsp3) is 0. The summed E-state index contributed by atoms with van der Waals surface area (Å²) < 4.78 is 0. The van der Waals surface area contributed by atoms with E-state index in [0.717, 1.165) is 16.5 Å². The van der Waals surface area contributed by atoms with E-state index >= 15 is 0 Å². The number of carbonyl (C=O) groups excluding carboxylic acids is 1. The lowest BCUT2D eigenvalue weighted by Crippen LogP contribution is -2.14. The highest BCUT2D eigenvalue weighted by Crippen LogP contribution is 2.24. The SMILES string of the molecule is Nc1ccc(C(=O)Nc2cccc3cnccc23)c(N)c1. The molecule has 5 heteroatoms. The second-order valence-electron chi connectivity index (χ2n) is 4.70. The third-order valence-corrected chi connectivity index (χ3v) is 3.25. The first-order valence-corrected chi connectivity index (χ1v) is 6.44. The molecule has 0 aliphatic carbocycles. The summed E-state index contributed by atoms with van der Waals surface area (Å²) in [5.41, 5.74) is 13.5. The van der Waals surface area contributed by atoms with Gasteiger partial charge in [0.2, 0.25) is 0 Å². The van der Waals surface area contributed by atoms with Crippen LogP contribution in [0.4, 0.5) is 17.1 Å². The number of nitrogens with one attached hydrogen (secondary N) is 1. The normalized spacial score (nSPS) is 10.5. The molecule has 3 aromatic rings. The molecule has 0 atom stereocenters. The lowest BCUT2D eigenvalue weighted by atomic mass is 10.1. The Balaban J connectivity index is 1.97. The molecular formula is C16H14N4O. The first-order chi connectivity index (χ1) is 10.1. The number of hydrogen-bond acceptors (Lipinski definition) is 4. The van der Waals surface area contributed by atoms with E-state index in [9.17, 15) is 4.79 Å². The standard InChI is InChI=1S/C16H14N4O/c17-11-4-5-13(14(18)8-11)16(21)20-15-3-1-2-10-9-19-7-6-12(10)15/h1-9H,17-18H2,(H,20,21). The van der Waals surface area contributed by atoms with Crippen molar-refractivity contribution < 1.29 is 4.79 Å². The monoisotopic (exact) mass is 278 g/mol. The molecule has 5 N–H and O–H groups in total. The van der Waals surface area contributed by atoms with Crippen molar-refractivity contribution in [2.75, 3.05) is 16.8 Å². The fourth-order valence-electron chi connectivity index (χ4n) is 2.21. The molecule has 0 bridgehead atoms. The number of anilines is 3. The summed E-state index contributed by atoms with van der Waals surface area (Å²) in [5, 5.41) is 4.76. The van der Waals surface area contributed by atoms with E-state index in [1.54, 1.807) is 30.6 Å². The molecule has 3 rings (SSSR count). The maximum absolute atomic E-state index is 12.3. The summed E-state index contributed by atoms with van der Waals surface area (Å²) in [6.45, 7) is 0. The van der Waals surface area contributed by atoms with E-state index in [4.69, 9.17) is 11.5 Å². The number of rotatable bonds is 2. The minimum absolute atomic E-state index is 0.267. The zero-order valence-corrected chi connectivity index (χ0v) is 11.2. The van der Waals surface area contributed by atoms with E-state index < -0.39 is 0 Å². The van der Waals surface area contributed by atoms with Crippen LogP contribution in [0.1, 0.15) is 10.4 Å². The summed E-state index contributed by atoms with van der Waals surface area (Å²) in [7, 11) is 0. The van der Waals surface area contributed by atoms with E-state index in [-0.39, 0.29) is 5.91 Å². The van der Waals surface area contributed by atoms with Crippen LogP contribution in [0.2, 0.25) is 0 Å². The van der Waals surface area contributed by atoms with Gasteiger partial charge in [-0.05, 0) is 30.3 Å². The van der Waals surface area contributed by atoms with Crippen molar-refractivity contribution >= 4 is 33.7 Å². The van der Waals surface area contributed by atoms with Gasteiger partial charge in [0.25, 0.3) is 5.91 Å². The van der Waals surface area contributed by atoms with Gasteiger partial charge in [-0.1, -0.05) is 12.1 Å². The molecule has 2 aromatic carbocycles. The number of nitrogens with zero attached hydrogens (tertiary/aromatic N) is 1. The van der Waals surface area contributed by atoms with E-state index in [1.165, 1.54) is 0 Å². The lowest BCUT2D eigenvalue weighted by Gasteiger charge is -2.10. The third kappa shape index (κ3) is 2.49. The molecule has 5 nitrogen and oxygen atoms in total. The number of benzene rings is 2. The van der Waals surface area contributed by atoms with Crippen molar-refractivity contribution in [3.05, 3.63) is 60.4 Å². The van der Waals surface area contributed by atoms with Crippen molar-refractivity contribution in [3.8, 4) is 0 Å². The van der Waals surface area contributed by atoms with Crippen LogP contribution in [0, 0.1) is 0 Å². The molecule has 0 unspecified atom stereocenters. The van der Waals surface area contributed by atoms with E-state index in [2.05, 4.69) is 10.3 Å². The highest BCUT2D eigenvalue weighted by Gasteiger charge is 2.11. The Morgan fingerprint density at radius 2 is 1.95 bits per heavy atom. The number of pyridine rings is 1. The number of aromatic nitrogens is 1. The van der Waals surface area contributed by atoms with Crippen molar-refractivity contribution in [1.29, 1.82) is 0 Å². The molecule has 0 aliphatic rings. The minimum atomic E-state index is -0.267. The van der Waals surface area contributed by atoms with Gasteiger partial charge in [0.15, 0.2) is 0 Å². The van der Waals surface area contributed by atoms with E-state index in [1.807, 2.05) is 24.3 Å². The second kappa shape index (κ2) is 5.13. The maximum Gasteiger partial charge on any atom is 0.257 e. The molecule has 1 amide bonds. The van der Waals surface area contributed by atoms with Crippen LogP contribution in [-0.2, 0) is 0 Å². The average Bonchev–Trinajstić information content (AvgIpc) is 2.47. The Bertz CT molecular complexity index is 824. The van der Waals surface area contributed by atoms with Gasteiger partial charge in [0, 0.05) is 40.2 Å². The van der Waals surface area contributed by atoms with Gasteiger partial charge in [-0.15, -0.1) is 0 Å². The van der Waals surface area contributed by atoms with Crippen molar-refractivity contribution in [3.63, 3.8) is 0 Å². The van der Waals surface area contributed by atoms with Crippen molar-refractivity contribution in [1.82, 2.24) is 4.98 Å². The van der Waals surface area contributed by atoms with Crippen LogP contribution >= 0.6 is 0 Å². The van der Waals surface area contributed by atoms with Gasteiger partial charge in [0.05, 0.1) is 5.56 Å². The molecule has 0 radical (unpaired) electrons. The van der Waals surface area contributed by atoms with Crippen LogP contribution in [0.5, 0.6) is 0 Å². The smallest absolute Gasteiger partial charge is 0.257 e. The molecule has 104 valence electrons. The van der Waals surface area contributed by atoms with Crippen LogP contribution in [-0.4, -0.2) is 10.9 Å². The molecule has 0 aliphatic heterocycles. The van der Waals surface area contributed by atoms with Crippen LogP contribution < -0.4 is 16.8 Å². The highest BCUT2D eigenvalue weighted by atomic mass is 16.1. The van der Waals surface area contributed by atoms with E-state index in [0.29, 0.717) is 16.9 Å².